The first-order valence-corrected chi connectivity index (χ1v) is 4.52. The van der Waals surface area contributed by atoms with Crippen molar-refractivity contribution in [1.82, 2.24) is 4.90 Å². The van der Waals surface area contributed by atoms with Crippen molar-refractivity contribution in [3.05, 3.63) is 35.6 Å². The molecule has 14 heavy (non-hydrogen) atoms. The van der Waals surface area contributed by atoms with E-state index in [1.54, 1.807) is 12.1 Å². The molecule has 0 N–H and O–H groups in total. The number of nitriles is 1. The van der Waals surface area contributed by atoms with Crippen LogP contribution in [0.25, 0.3) is 0 Å². The van der Waals surface area contributed by atoms with E-state index in [4.69, 9.17) is 5.26 Å². The third-order valence-corrected chi connectivity index (χ3v) is 1.97. The van der Waals surface area contributed by atoms with Gasteiger partial charge in [0.25, 0.3) is 0 Å². The average molecular weight is 192 g/mol. The highest BCUT2D eigenvalue weighted by Crippen LogP contribution is 2.05. The molecule has 0 fully saturated rings. The molecule has 0 saturated heterocycles. The van der Waals surface area contributed by atoms with Gasteiger partial charge in [0.2, 0.25) is 0 Å². The van der Waals surface area contributed by atoms with Crippen LogP contribution in [0.2, 0.25) is 0 Å². The summed E-state index contributed by atoms with van der Waals surface area (Å²) in [6, 6.07) is 8.52. The first kappa shape index (κ1) is 10.7. The molecule has 0 saturated carbocycles. The minimum Gasteiger partial charge on any atom is -0.301 e. The maximum atomic E-state index is 12.6. The number of benzene rings is 1. The van der Waals surface area contributed by atoms with Gasteiger partial charge in [0.15, 0.2) is 0 Å². The van der Waals surface area contributed by atoms with Crippen LogP contribution >= 0.6 is 0 Å². The van der Waals surface area contributed by atoms with E-state index in [-0.39, 0.29) is 5.82 Å². The Hall–Kier alpha value is -1.40. The monoisotopic (exact) mass is 192 g/mol. The van der Waals surface area contributed by atoms with Crippen molar-refractivity contribution >= 4 is 0 Å². The SMILES string of the molecule is CN(CCC#N)Cc1ccc(F)cc1. The van der Waals surface area contributed by atoms with Crippen molar-refractivity contribution in [3.63, 3.8) is 0 Å². The minimum atomic E-state index is -0.214. The zero-order valence-corrected chi connectivity index (χ0v) is 8.20. The van der Waals surface area contributed by atoms with E-state index in [2.05, 4.69) is 6.07 Å². The lowest BCUT2D eigenvalue weighted by Gasteiger charge is -2.14. The maximum absolute atomic E-state index is 12.6. The van der Waals surface area contributed by atoms with Crippen LogP contribution in [0.5, 0.6) is 0 Å². The second-order valence-electron chi connectivity index (χ2n) is 3.27. The summed E-state index contributed by atoms with van der Waals surface area (Å²) in [5, 5.41) is 8.39. The Bertz CT molecular complexity index is 313. The van der Waals surface area contributed by atoms with Crippen molar-refractivity contribution in [3.8, 4) is 6.07 Å². The van der Waals surface area contributed by atoms with E-state index < -0.39 is 0 Å². The van der Waals surface area contributed by atoms with E-state index in [9.17, 15) is 4.39 Å². The molecule has 0 aliphatic heterocycles. The van der Waals surface area contributed by atoms with E-state index in [1.807, 2.05) is 11.9 Å². The molecule has 1 aromatic rings. The molecular formula is C11H13FN2. The molecule has 1 rings (SSSR count). The normalized spacial score (nSPS) is 10.1. The van der Waals surface area contributed by atoms with E-state index in [1.165, 1.54) is 12.1 Å². The lowest BCUT2D eigenvalue weighted by Crippen LogP contribution is -2.18. The summed E-state index contributed by atoms with van der Waals surface area (Å²) in [6.07, 6.45) is 0.525. The largest absolute Gasteiger partial charge is 0.301 e. The molecule has 0 bridgehead atoms. The van der Waals surface area contributed by atoms with Crippen LogP contribution in [-0.2, 0) is 6.54 Å². The zero-order valence-electron chi connectivity index (χ0n) is 8.20. The molecule has 0 spiro atoms. The minimum absolute atomic E-state index is 0.214. The van der Waals surface area contributed by atoms with Crippen molar-refractivity contribution in [2.45, 2.75) is 13.0 Å². The van der Waals surface area contributed by atoms with Crippen LogP contribution in [0.3, 0.4) is 0 Å². The zero-order chi connectivity index (χ0) is 10.4. The van der Waals surface area contributed by atoms with Gasteiger partial charge < -0.3 is 4.90 Å². The first-order chi connectivity index (χ1) is 6.72. The van der Waals surface area contributed by atoms with Gasteiger partial charge in [0, 0.05) is 19.5 Å². The van der Waals surface area contributed by atoms with Gasteiger partial charge in [-0.15, -0.1) is 0 Å². The van der Waals surface area contributed by atoms with Crippen LogP contribution in [0, 0.1) is 17.1 Å². The molecule has 0 heterocycles. The molecular weight excluding hydrogens is 179 g/mol. The van der Waals surface area contributed by atoms with Crippen LogP contribution in [0.1, 0.15) is 12.0 Å². The fraction of sp³-hybridized carbons (Fsp3) is 0.364. The topological polar surface area (TPSA) is 27.0 Å². The number of hydrogen-bond donors (Lipinski definition) is 0. The van der Waals surface area contributed by atoms with Gasteiger partial charge in [-0.25, -0.2) is 4.39 Å². The highest BCUT2D eigenvalue weighted by Gasteiger charge is 1.99. The molecule has 0 amide bonds. The van der Waals surface area contributed by atoms with Gasteiger partial charge in [-0.2, -0.15) is 5.26 Å². The fourth-order valence-electron chi connectivity index (χ4n) is 1.22. The van der Waals surface area contributed by atoms with Crippen molar-refractivity contribution in [2.24, 2.45) is 0 Å². The Labute approximate surface area is 83.6 Å². The van der Waals surface area contributed by atoms with Crippen LogP contribution in [-0.4, -0.2) is 18.5 Å². The summed E-state index contributed by atoms with van der Waals surface area (Å²) in [5.74, 6) is -0.214. The quantitative estimate of drug-likeness (QED) is 0.731. The number of nitrogens with zero attached hydrogens (tertiary/aromatic N) is 2. The molecule has 0 aromatic heterocycles. The lowest BCUT2D eigenvalue weighted by atomic mass is 10.2. The Morgan fingerprint density at radius 1 is 1.36 bits per heavy atom. The highest BCUT2D eigenvalue weighted by molar-refractivity contribution is 5.15. The van der Waals surface area contributed by atoms with Crippen LogP contribution in [0.15, 0.2) is 24.3 Å². The number of halogens is 1. The Balaban J connectivity index is 2.44. The predicted octanol–water partition coefficient (Wildman–Crippen LogP) is 2.17. The average Bonchev–Trinajstić information content (AvgIpc) is 2.18. The first-order valence-electron chi connectivity index (χ1n) is 4.52. The van der Waals surface area contributed by atoms with Crippen LogP contribution < -0.4 is 0 Å². The summed E-state index contributed by atoms with van der Waals surface area (Å²) in [4.78, 5) is 2.04. The molecule has 3 heteroatoms. The Morgan fingerprint density at radius 3 is 2.57 bits per heavy atom. The summed E-state index contributed by atoms with van der Waals surface area (Å²) in [7, 11) is 1.95. The van der Waals surface area contributed by atoms with Crippen LogP contribution in [0.4, 0.5) is 4.39 Å². The Kier molecular flexibility index (Phi) is 4.09. The van der Waals surface area contributed by atoms with Gasteiger partial charge in [-0.1, -0.05) is 12.1 Å². The summed E-state index contributed by atoms with van der Waals surface area (Å²) in [5.41, 5.74) is 1.06. The van der Waals surface area contributed by atoms with E-state index >= 15 is 0 Å². The van der Waals surface area contributed by atoms with Gasteiger partial charge in [-0.3, -0.25) is 0 Å². The summed E-state index contributed by atoms with van der Waals surface area (Å²) in [6.45, 7) is 1.50. The predicted molar refractivity (Wildman–Crippen MR) is 53.0 cm³/mol. The molecule has 0 unspecified atom stereocenters. The summed E-state index contributed by atoms with van der Waals surface area (Å²) < 4.78 is 12.6. The van der Waals surface area contributed by atoms with Gasteiger partial charge in [-0.05, 0) is 24.7 Å². The van der Waals surface area contributed by atoms with Gasteiger partial charge in [0.05, 0.1) is 6.07 Å². The summed E-state index contributed by atoms with van der Waals surface area (Å²) >= 11 is 0. The molecule has 0 aliphatic rings. The molecule has 2 nitrogen and oxygen atoms in total. The smallest absolute Gasteiger partial charge is 0.123 e. The second kappa shape index (κ2) is 5.36. The standard InChI is InChI=1S/C11H13FN2/c1-14(8-2-7-13)9-10-3-5-11(12)6-4-10/h3-6H,2,8-9H2,1H3. The molecule has 74 valence electrons. The number of hydrogen-bond acceptors (Lipinski definition) is 2. The van der Waals surface area contributed by atoms with Crippen molar-refractivity contribution in [1.29, 1.82) is 5.26 Å². The molecule has 0 radical (unpaired) electrons. The number of rotatable bonds is 4. The van der Waals surface area contributed by atoms with Crippen molar-refractivity contribution < 1.29 is 4.39 Å². The van der Waals surface area contributed by atoms with E-state index in [0.29, 0.717) is 6.42 Å². The third kappa shape index (κ3) is 3.55. The molecule has 0 aliphatic carbocycles. The maximum Gasteiger partial charge on any atom is 0.123 e. The fourth-order valence-corrected chi connectivity index (χ4v) is 1.22. The Morgan fingerprint density at radius 2 is 2.00 bits per heavy atom. The van der Waals surface area contributed by atoms with Crippen molar-refractivity contribution in [2.75, 3.05) is 13.6 Å². The second-order valence-corrected chi connectivity index (χ2v) is 3.27. The van der Waals surface area contributed by atoms with Gasteiger partial charge in [0.1, 0.15) is 5.82 Å². The lowest BCUT2D eigenvalue weighted by molar-refractivity contribution is 0.335. The van der Waals surface area contributed by atoms with E-state index in [0.717, 1.165) is 18.7 Å². The molecule has 1 aromatic carbocycles. The van der Waals surface area contributed by atoms with Gasteiger partial charge >= 0.3 is 0 Å². The molecule has 0 atom stereocenters. The highest BCUT2D eigenvalue weighted by atomic mass is 19.1. The third-order valence-electron chi connectivity index (χ3n) is 1.97.